The van der Waals surface area contributed by atoms with Gasteiger partial charge >= 0.3 is 0 Å². The van der Waals surface area contributed by atoms with Crippen molar-refractivity contribution in [2.24, 2.45) is 0 Å². The highest BCUT2D eigenvalue weighted by atomic mass is 16.5. The molecule has 0 unspecified atom stereocenters. The number of aromatic nitrogens is 4. The first-order valence-electron chi connectivity index (χ1n) is 12.6. The SMILES string of the molecule is COCCn1c(CNc2cccc(C(=O)NCc3ccc#cc3-c3ccccc3)c2)nnc1-c1ccncc1. The van der Waals surface area contributed by atoms with Crippen LogP contribution in [0.15, 0.2) is 91.3 Å². The van der Waals surface area contributed by atoms with Crippen molar-refractivity contribution in [3.63, 3.8) is 0 Å². The highest BCUT2D eigenvalue weighted by molar-refractivity contribution is 5.95. The third-order valence-electron chi connectivity index (χ3n) is 6.25. The van der Waals surface area contributed by atoms with Crippen LogP contribution in [0.1, 0.15) is 21.7 Å². The van der Waals surface area contributed by atoms with Gasteiger partial charge in [-0.3, -0.25) is 9.78 Å². The largest absolute Gasteiger partial charge is 0.383 e. The molecule has 0 saturated heterocycles. The van der Waals surface area contributed by atoms with Gasteiger partial charge < -0.3 is 19.9 Å². The zero-order valence-corrected chi connectivity index (χ0v) is 21.6. The summed E-state index contributed by atoms with van der Waals surface area (Å²) in [5.74, 6) is 1.36. The molecular weight excluding hydrogens is 488 g/mol. The molecule has 3 aromatic carbocycles. The fourth-order valence-electron chi connectivity index (χ4n) is 4.26. The van der Waals surface area contributed by atoms with Gasteiger partial charge in [-0.1, -0.05) is 48.5 Å². The second-order valence-corrected chi connectivity index (χ2v) is 8.81. The van der Waals surface area contributed by atoms with E-state index < -0.39 is 0 Å². The van der Waals surface area contributed by atoms with E-state index in [0.29, 0.717) is 31.8 Å². The van der Waals surface area contributed by atoms with Crippen molar-refractivity contribution >= 4 is 11.6 Å². The van der Waals surface area contributed by atoms with E-state index in [-0.39, 0.29) is 5.91 Å². The van der Waals surface area contributed by atoms with Crippen molar-refractivity contribution < 1.29 is 9.53 Å². The lowest BCUT2D eigenvalue weighted by molar-refractivity contribution is 0.0951. The molecule has 0 aliphatic rings. The molecule has 0 atom stereocenters. The maximum atomic E-state index is 13.0. The van der Waals surface area contributed by atoms with E-state index >= 15 is 0 Å². The smallest absolute Gasteiger partial charge is 0.251 e. The molecule has 0 radical (unpaired) electrons. The Hall–Kier alpha value is -5.00. The average Bonchev–Trinajstić information content (AvgIpc) is 3.41. The van der Waals surface area contributed by atoms with Crippen LogP contribution >= 0.6 is 0 Å². The summed E-state index contributed by atoms with van der Waals surface area (Å²) in [4.78, 5) is 17.1. The van der Waals surface area contributed by atoms with Gasteiger partial charge in [-0.25, -0.2) is 0 Å². The summed E-state index contributed by atoms with van der Waals surface area (Å²) in [6.07, 6.45) is 3.46. The predicted molar refractivity (Wildman–Crippen MR) is 150 cm³/mol. The van der Waals surface area contributed by atoms with Gasteiger partial charge in [-0.2, -0.15) is 0 Å². The summed E-state index contributed by atoms with van der Waals surface area (Å²) in [6, 6.07) is 31.2. The van der Waals surface area contributed by atoms with Crippen molar-refractivity contribution in [3.8, 4) is 22.5 Å². The van der Waals surface area contributed by atoms with Gasteiger partial charge in [0, 0.05) is 55.0 Å². The average molecular weight is 517 g/mol. The molecule has 8 heteroatoms. The number of nitrogens with one attached hydrogen (secondary N) is 2. The van der Waals surface area contributed by atoms with Crippen molar-refractivity contribution in [2.75, 3.05) is 19.0 Å². The van der Waals surface area contributed by atoms with E-state index in [1.54, 1.807) is 25.6 Å². The number of rotatable bonds is 11. The van der Waals surface area contributed by atoms with E-state index in [4.69, 9.17) is 4.74 Å². The minimum Gasteiger partial charge on any atom is -0.383 e. The number of carbonyl (C=O) groups excluding carboxylic acids is 1. The number of methoxy groups -OCH3 is 1. The molecule has 1 amide bonds. The van der Waals surface area contributed by atoms with Crippen molar-refractivity contribution in [2.45, 2.75) is 19.6 Å². The Morgan fingerprint density at radius 2 is 1.79 bits per heavy atom. The lowest BCUT2D eigenvalue weighted by Crippen LogP contribution is -2.23. The summed E-state index contributed by atoms with van der Waals surface area (Å²) in [5.41, 5.74) is 5.24. The van der Waals surface area contributed by atoms with Gasteiger partial charge in [-0.05, 0) is 53.6 Å². The molecule has 0 spiro atoms. The third-order valence-corrected chi connectivity index (χ3v) is 6.25. The number of hydrogen-bond acceptors (Lipinski definition) is 6. The molecule has 0 aliphatic carbocycles. The van der Waals surface area contributed by atoms with Crippen LogP contribution < -0.4 is 10.6 Å². The summed E-state index contributed by atoms with van der Waals surface area (Å²) < 4.78 is 7.32. The molecule has 0 bridgehead atoms. The number of benzene rings is 2. The molecule has 194 valence electrons. The Labute approximate surface area is 227 Å². The van der Waals surface area contributed by atoms with Crippen LogP contribution in [0.3, 0.4) is 0 Å². The molecule has 0 aliphatic heterocycles. The molecule has 8 nitrogen and oxygen atoms in total. The summed E-state index contributed by atoms with van der Waals surface area (Å²) >= 11 is 0. The van der Waals surface area contributed by atoms with E-state index in [1.165, 1.54) is 0 Å². The van der Waals surface area contributed by atoms with E-state index in [9.17, 15) is 4.79 Å². The van der Waals surface area contributed by atoms with Gasteiger partial charge in [-0.15, -0.1) is 10.2 Å². The van der Waals surface area contributed by atoms with Crippen LogP contribution in [0.2, 0.25) is 0 Å². The molecular formula is C31H28N6O2. The van der Waals surface area contributed by atoms with Crippen LogP contribution in [-0.2, 0) is 24.4 Å². The second kappa shape index (κ2) is 12.5. The lowest BCUT2D eigenvalue weighted by Gasteiger charge is -2.12. The molecule has 5 rings (SSSR count). The van der Waals surface area contributed by atoms with Gasteiger partial charge in [0.1, 0.15) is 0 Å². The summed E-state index contributed by atoms with van der Waals surface area (Å²) in [7, 11) is 1.67. The monoisotopic (exact) mass is 516 g/mol. The van der Waals surface area contributed by atoms with E-state index in [0.717, 1.165) is 39.6 Å². The zero-order chi connectivity index (χ0) is 26.9. The minimum absolute atomic E-state index is 0.159. The Morgan fingerprint density at radius 1 is 0.949 bits per heavy atom. The number of anilines is 1. The van der Waals surface area contributed by atoms with Crippen LogP contribution in [0.5, 0.6) is 0 Å². The predicted octanol–water partition coefficient (Wildman–Crippen LogP) is 4.80. The first-order valence-corrected chi connectivity index (χ1v) is 12.6. The first-order chi connectivity index (χ1) is 19.2. The van der Waals surface area contributed by atoms with Gasteiger partial charge in [0.2, 0.25) is 0 Å². The molecule has 0 saturated carbocycles. The van der Waals surface area contributed by atoms with Crippen molar-refractivity contribution in [1.82, 2.24) is 25.1 Å². The zero-order valence-electron chi connectivity index (χ0n) is 21.6. The number of ether oxygens (including phenoxy) is 1. The van der Waals surface area contributed by atoms with Crippen LogP contribution in [0.25, 0.3) is 22.5 Å². The van der Waals surface area contributed by atoms with Crippen LogP contribution in [0, 0.1) is 12.1 Å². The number of amides is 1. The fraction of sp³-hybridized carbons (Fsp3) is 0.161. The highest BCUT2D eigenvalue weighted by Crippen LogP contribution is 2.22. The molecule has 2 heterocycles. The molecule has 39 heavy (non-hydrogen) atoms. The summed E-state index contributed by atoms with van der Waals surface area (Å²) in [5, 5.41) is 15.2. The fourth-order valence-corrected chi connectivity index (χ4v) is 4.26. The first kappa shape index (κ1) is 25.6. The van der Waals surface area contributed by atoms with Gasteiger partial charge in [0.05, 0.1) is 13.2 Å². The lowest BCUT2D eigenvalue weighted by atomic mass is 10.0. The van der Waals surface area contributed by atoms with Crippen molar-refractivity contribution in [1.29, 1.82) is 0 Å². The number of nitrogens with zero attached hydrogens (tertiary/aromatic N) is 4. The summed E-state index contributed by atoms with van der Waals surface area (Å²) in [6.45, 7) is 1.96. The Kier molecular flexibility index (Phi) is 8.22. The van der Waals surface area contributed by atoms with Crippen molar-refractivity contribution in [3.05, 3.63) is 120 Å². The minimum atomic E-state index is -0.159. The normalized spacial score (nSPS) is 10.6. The second-order valence-electron chi connectivity index (χ2n) is 8.81. The maximum Gasteiger partial charge on any atom is 0.251 e. The van der Waals surface area contributed by atoms with Gasteiger partial charge in [0.15, 0.2) is 11.6 Å². The van der Waals surface area contributed by atoms with Crippen LogP contribution in [-0.4, -0.2) is 39.4 Å². The van der Waals surface area contributed by atoms with Crippen LogP contribution in [0.4, 0.5) is 5.69 Å². The van der Waals surface area contributed by atoms with Gasteiger partial charge in [0.25, 0.3) is 5.91 Å². The maximum absolute atomic E-state index is 13.0. The topological polar surface area (TPSA) is 94.0 Å². The third kappa shape index (κ3) is 6.29. The number of carbonyl (C=O) groups is 1. The Morgan fingerprint density at radius 3 is 2.62 bits per heavy atom. The quantitative estimate of drug-likeness (QED) is 0.262. The Balaban J connectivity index is 1.26. The molecule has 0 fully saturated rings. The number of hydrogen-bond donors (Lipinski definition) is 2. The van der Waals surface area contributed by atoms with E-state index in [1.807, 2.05) is 77.4 Å². The number of pyridine rings is 1. The standard InChI is InChI=1S/C31H28N6O2/c1-39-19-18-37-29(35-36-30(37)24-14-16-32-17-15-24)22-33-27-12-7-11-25(20-27)31(38)34-21-26-10-5-6-13-28(26)23-8-3-2-4-9-23/h2-5,7-12,14-17,20,33H,18-19,21-22H2,1H3,(H,34,38). The Bertz CT molecular complexity index is 1520. The molecule has 5 aromatic rings. The highest BCUT2D eigenvalue weighted by Gasteiger charge is 2.14. The van der Waals surface area contributed by atoms with E-state index in [2.05, 4.69) is 37.9 Å². The molecule has 2 N–H and O–H groups in total. The molecule has 2 aromatic heterocycles.